The van der Waals surface area contributed by atoms with E-state index in [-0.39, 0.29) is 12.0 Å². The Balaban J connectivity index is 2.08. The van der Waals surface area contributed by atoms with Crippen LogP contribution in [0.5, 0.6) is 0 Å². The summed E-state index contributed by atoms with van der Waals surface area (Å²) in [6.07, 6.45) is 1.30. The van der Waals surface area contributed by atoms with Crippen LogP contribution in [0.2, 0.25) is 0 Å². The van der Waals surface area contributed by atoms with Gasteiger partial charge in [-0.05, 0) is 38.5 Å². The molecule has 2 unspecified atom stereocenters. The molecular formula is C14H20N2O2S. The van der Waals surface area contributed by atoms with Gasteiger partial charge in [-0.2, -0.15) is 0 Å². The zero-order valence-electron chi connectivity index (χ0n) is 11.3. The summed E-state index contributed by atoms with van der Waals surface area (Å²) >= 11 is 1.74. The lowest BCUT2D eigenvalue weighted by Crippen LogP contribution is -2.22. The van der Waals surface area contributed by atoms with Crippen LogP contribution in [0.15, 0.2) is 23.1 Å². The fourth-order valence-electron chi connectivity index (χ4n) is 2.09. The molecule has 1 heterocycles. The number of ether oxygens (including phenoxy) is 1. The summed E-state index contributed by atoms with van der Waals surface area (Å²) in [5.74, 6) is -0.0803. The molecule has 4 nitrogen and oxygen atoms in total. The third-order valence-corrected chi connectivity index (χ3v) is 4.74. The van der Waals surface area contributed by atoms with Crippen LogP contribution in [0.25, 0.3) is 0 Å². The SMILES string of the molecule is CCNC(=O)c1ccc(SC2CCOC2C)c(N)c1. The molecule has 0 spiro atoms. The van der Waals surface area contributed by atoms with Crippen LogP contribution >= 0.6 is 11.8 Å². The molecule has 19 heavy (non-hydrogen) atoms. The van der Waals surface area contributed by atoms with Crippen molar-refractivity contribution in [1.29, 1.82) is 0 Å². The van der Waals surface area contributed by atoms with Crippen LogP contribution in [0.3, 0.4) is 0 Å². The van der Waals surface area contributed by atoms with Crippen molar-refractivity contribution in [3.8, 4) is 0 Å². The molecule has 1 saturated heterocycles. The van der Waals surface area contributed by atoms with Crippen LogP contribution in [0.4, 0.5) is 5.69 Å². The Morgan fingerprint density at radius 1 is 1.58 bits per heavy atom. The highest BCUT2D eigenvalue weighted by atomic mass is 32.2. The second-order valence-corrected chi connectivity index (χ2v) is 5.91. The molecule has 0 aromatic heterocycles. The summed E-state index contributed by atoms with van der Waals surface area (Å²) in [4.78, 5) is 12.7. The van der Waals surface area contributed by atoms with Gasteiger partial charge < -0.3 is 15.8 Å². The van der Waals surface area contributed by atoms with Gasteiger partial charge in [0, 0.05) is 34.5 Å². The molecule has 0 saturated carbocycles. The van der Waals surface area contributed by atoms with Gasteiger partial charge in [0.05, 0.1) is 6.10 Å². The average Bonchev–Trinajstić information content (AvgIpc) is 2.78. The first kappa shape index (κ1) is 14.2. The van der Waals surface area contributed by atoms with Crippen LogP contribution in [0, 0.1) is 0 Å². The van der Waals surface area contributed by atoms with Crippen LogP contribution < -0.4 is 11.1 Å². The van der Waals surface area contributed by atoms with Gasteiger partial charge in [-0.25, -0.2) is 0 Å². The van der Waals surface area contributed by atoms with Crippen molar-refractivity contribution in [3.05, 3.63) is 23.8 Å². The molecule has 5 heteroatoms. The Bertz CT molecular complexity index is 465. The van der Waals surface area contributed by atoms with Crippen molar-refractivity contribution >= 4 is 23.4 Å². The van der Waals surface area contributed by atoms with Crippen LogP contribution in [0.1, 0.15) is 30.6 Å². The number of carbonyl (C=O) groups is 1. The van der Waals surface area contributed by atoms with E-state index < -0.39 is 0 Å². The largest absolute Gasteiger partial charge is 0.398 e. The number of nitrogens with one attached hydrogen (secondary N) is 1. The van der Waals surface area contributed by atoms with E-state index in [1.54, 1.807) is 17.8 Å². The fourth-order valence-corrected chi connectivity index (χ4v) is 3.24. The molecule has 1 aliphatic heterocycles. The van der Waals surface area contributed by atoms with Gasteiger partial charge in [0.1, 0.15) is 0 Å². The summed E-state index contributed by atoms with van der Waals surface area (Å²) in [7, 11) is 0. The van der Waals surface area contributed by atoms with Crippen molar-refractivity contribution in [2.75, 3.05) is 18.9 Å². The Morgan fingerprint density at radius 3 is 2.95 bits per heavy atom. The van der Waals surface area contributed by atoms with E-state index >= 15 is 0 Å². The average molecular weight is 280 g/mol. The molecule has 1 fully saturated rings. The van der Waals surface area contributed by atoms with E-state index in [9.17, 15) is 4.79 Å². The normalized spacial score (nSPS) is 22.4. The van der Waals surface area contributed by atoms with Gasteiger partial charge in [-0.3, -0.25) is 4.79 Å². The third kappa shape index (κ3) is 3.42. The highest BCUT2D eigenvalue weighted by Gasteiger charge is 2.25. The number of amides is 1. The van der Waals surface area contributed by atoms with Crippen molar-refractivity contribution in [2.24, 2.45) is 0 Å². The summed E-state index contributed by atoms with van der Waals surface area (Å²) in [5.41, 5.74) is 7.31. The number of rotatable bonds is 4. The van der Waals surface area contributed by atoms with E-state index in [1.165, 1.54) is 0 Å². The molecule has 3 N–H and O–H groups in total. The number of hydrogen-bond acceptors (Lipinski definition) is 4. The minimum Gasteiger partial charge on any atom is -0.398 e. The number of thioether (sulfide) groups is 1. The smallest absolute Gasteiger partial charge is 0.251 e. The predicted molar refractivity (Wildman–Crippen MR) is 78.5 cm³/mol. The first-order chi connectivity index (χ1) is 9.11. The summed E-state index contributed by atoms with van der Waals surface area (Å²) in [6, 6.07) is 5.49. The van der Waals surface area contributed by atoms with Crippen molar-refractivity contribution in [1.82, 2.24) is 5.32 Å². The van der Waals surface area contributed by atoms with Gasteiger partial charge in [0.15, 0.2) is 0 Å². The second-order valence-electron chi connectivity index (χ2n) is 4.63. The maximum absolute atomic E-state index is 11.7. The molecule has 0 bridgehead atoms. The minimum atomic E-state index is -0.0803. The number of benzene rings is 1. The molecule has 104 valence electrons. The van der Waals surface area contributed by atoms with Gasteiger partial charge in [-0.1, -0.05) is 0 Å². The van der Waals surface area contributed by atoms with Crippen molar-refractivity contribution in [3.63, 3.8) is 0 Å². The molecule has 1 aromatic rings. The predicted octanol–water partition coefficient (Wildman–Crippen LogP) is 2.29. The number of carbonyl (C=O) groups excluding carboxylic acids is 1. The molecule has 2 rings (SSSR count). The Labute approximate surface area is 118 Å². The topological polar surface area (TPSA) is 64.3 Å². The lowest BCUT2D eigenvalue weighted by Gasteiger charge is -2.15. The van der Waals surface area contributed by atoms with E-state index in [1.807, 2.05) is 19.1 Å². The molecular weight excluding hydrogens is 260 g/mol. The fraction of sp³-hybridized carbons (Fsp3) is 0.500. The quantitative estimate of drug-likeness (QED) is 0.831. The van der Waals surface area contributed by atoms with Crippen molar-refractivity contribution in [2.45, 2.75) is 36.5 Å². The standard InChI is InChI=1S/C14H20N2O2S/c1-3-16-14(17)10-4-5-13(11(15)8-10)19-12-6-7-18-9(12)2/h4-5,8-9,12H,3,6-7,15H2,1-2H3,(H,16,17). The molecule has 1 amide bonds. The minimum absolute atomic E-state index is 0.0803. The lowest BCUT2D eigenvalue weighted by molar-refractivity contribution is 0.0956. The number of hydrogen-bond donors (Lipinski definition) is 2. The number of nitrogens with two attached hydrogens (primary N) is 1. The Kier molecular flexibility index (Phi) is 4.71. The summed E-state index contributed by atoms with van der Waals surface area (Å²) < 4.78 is 5.55. The van der Waals surface area contributed by atoms with Gasteiger partial charge >= 0.3 is 0 Å². The number of nitrogen functional groups attached to an aromatic ring is 1. The highest BCUT2D eigenvalue weighted by molar-refractivity contribution is 8.00. The molecule has 1 aliphatic rings. The third-order valence-electron chi connectivity index (χ3n) is 3.19. The zero-order valence-corrected chi connectivity index (χ0v) is 12.1. The zero-order chi connectivity index (χ0) is 13.8. The van der Waals surface area contributed by atoms with Crippen LogP contribution in [-0.4, -0.2) is 30.4 Å². The van der Waals surface area contributed by atoms with Gasteiger partial charge in [0.25, 0.3) is 5.91 Å². The Hall–Kier alpha value is -1.20. The molecule has 1 aromatic carbocycles. The molecule has 2 atom stereocenters. The first-order valence-corrected chi connectivity index (χ1v) is 7.45. The van der Waals surface area contributed by atoms with Gasteiger partial charge in [-0.15, -0.1) is 11.8 Å². The maximum atomic E-state index is 11.7. The monoisotopic (exact) mass is 280 g/mol. The number of anilines is 1. The van der Waals surface area contributed by atoms with Gasteiger partial charge in [0.2, 0.25) is 0 Å². The molecule has 0 radical (unpaired) electrons. The van der Waals surface area contributed by atoms with E-state index in [2.05, 4.69) is 12.2 Å². The van der Waals surface area contributed by atoms with Crippen LogP contribution in [-0.2, 0) is 4.74 Å². The highest BCUT2D eigenvalue weighted by Crippen LogP contribution is 2.35. The second kappa shape index (κ2) is 6.30. The maximum Gasteiger partial charge on any atom is 0.251 e. The summed E-state index contributed by atoms with van der Waals surface area (Å²) in [6.45, 7) is 5.42. The first-order valence-electron chi connectivity index (χ1n) is 6.57. The van der Waals surface area contributed by atoms with Crippen molar-refractivity contribution < 1.29 is 9.53 Å². The lowest BCUT2D eigenvalue weighted by atomic mass is 10.2. The van der Waals surface area contributed by atoms with E-state index in [0.717, 1.165) is 17.9 Å². The van der Waals surface area contributed by atoms with E-state index in [4.69, 9.17) is 10.5 Å². The van der Waals surface area contributed by atoms with E-state index in [0.29, 0.717) is 23.0 Å². The molecule has 0 aliphatic carbocycles. The summed E-state index contributed by atoms with van der Waals surface area (Å²) in [5, 5.41) is 3.21. The Morgan fingerprint density at radius 2 is 2.37 bits per heavy atom.